The molecule has 11 heteroatoms. The van der Waals surface area contributed by atoms with E-state index in [4.69, 9.17) is 19.2 Å². The van der Waals surface area contributed by atoms with Crippen molar-refractivity contribution in [2.45, 2.75) is 39.5 Å². The first-order chi connectivity index (χ1) is 17.8. The average Bonchev–Trinajstić information content (AvgIpc) is 3.33. The van der Waals surface area contributed by atoms with Gasteiger partial charge >= 0.3 is 0 Å². The van der Waals surface area contributed by atoms with E-state index in [2.05, 4.69) is 25.6 Å². The van der Waals surface area contributed by atoms with Crippen LogP contribution in [-0.4, -0.2) is 65.4 Å². The number of carbonyl (C=O) groups is 1. The Morgan fingerprint density at radius 1 is 1.22 bits per heavy atom. The number of nitrogens with zero attached hydrogens (tertiary/aromatic N) is 3. The molecule has 3 N–H and O–H groups in total. The fourth-order valence-electron chi connectivity index (χ4n) is 3.84. The summed E-state index contributed by atoms with van der Waals surface area (Å²) in [5.74, 6) is 0.420. The number of hydrogen-bond donors (Lipinski definition) is 3. The lowest BCUT2D eigenvalue weighted by molar-refractivity contribution is -0.231. The molecule has 2 aromatic heterocycles. The Labute approximate surface area is 215 Å². The van der Waals surface area contributed by atoms with Gasteiger partial charge in [0.25, 0.3) is 0 Å². The Kier molecular flexibility index (Phi) is 8.47. The van der Waals surface area contributed by atoms with Gasteiger partial charge in [-0.1, -0.05) is 0 Å². The van der Waals surface area contributed by atoms with Crippen LogP contribution in [-0.2, 0) is 19.0 Å². The smallest absolute Gasteiger partial charge is 0.230 e. The van der Waals surface area contributed by atoms with Crippen molar-refractivity contribution in [1.29, 1.82) is 0 Å². The molecule has 0 saturated carbocycles. The molecule has 1 aliphatic rings. The highest BCUT2D eigenvalue weighted by Gasteiger charge is 2.41. The number of nitrogens with one attached hydrogen (secondary N) is 3. The number of methoxy groups -OCH3 is 1. The highest BCUT2D eigenvalue weighted by molar-refractivity contribution is 5.83. The second-order valence-electron chi connectivity index (χ2n) is 9.53. The van der Waals surface area contributed by atoms with Crippen molar-refractivity contribution in [3.63, 3.8) is 0 Å². The molecule has 0 radical (unpaired) electrons. The van der Waals surface area contributed by atoms with Gasteiger partial charge in [0.05, 0.1) is 35.7 Å². The Hall–Kier alpha value is -3.41. The van der Waals surface area contributed by atoms with Crippen LogP contribution >= 0.6 is 0 Å². The molecule has 0 aliphatic carbocycles. The highest BCUT2D eigenvalue weighted by Crippen LogP contribution is 2.35. The van der Waals surface area contributed by atoms with Crippen LogP contribution in [0.3, 0.4) is 0 Å². The van der Waals surface area contributed by atoms with Crippen molar-refractivity contribution in [3.05, 3.63) is 48.2 Å². The maximum Gasteiger partial charge on any atom is 0.230 e. The molecular weight excluding hydrogens is 479 g/mol. The molecule has 0 spiro atoms. The first kappa shape index (κ1) is 26.6. The Bertz CT molecular complexity index is 1190. The Balaban J connectivity index is 1.60. The summed E-state index contributed by atoms with van der Waals surface area (Å²) in [6, 6.07) is 7.84. The summed E-state index contributed by atoms with van der Waals surface area (Å²) in [6.45, 7) is 7.24. The largest absolute Gasteiger partial charge is 0.385 e. The van der Waals surface area contributed by atoms with Crippen molar-refractivity contribution in [3.8, 4) is 22.6 Å². The Morgan fingerprint density at radius 2 is 1.95 bits per heavy atom. The third kappa shape index (κ3) is 6.48. The van der Waals surface area contributed by atoms with Gasteiger partial charge < -0.3 is 29.8 Å². The van der Waals surface area contributed by atoms with Crippen molar-refractivity contribution in [2.24, 2.45) is 5.41 Å². The molecule has 198 valence electrons. The molecule has 10 nitrogen and oxygen atoms in total. The Morgan fingerprint density at radius 3 is 2.62 bits per heavy atom. The van der Waals surface area contributed by atoms with Crippen molar-refractivity contribution < 1.29 is 23.4 Å². The molecular formula is C26H33FN6O4. The topological polar surface area (TPSA) is 123 Å². The molecule has 1 fully saturated rings. The molecule has 3 aromatic rings. The number of hydrogen-bond acceptors (Lipinski definition) is 8. The number of H-pyrrole nitrogens is 1. The van der Waals surface area contributed by atoms with Gasteiger partial charge in [-0.05, 0) is 57.5 Å². The lowest BCUT2D eigenvalue weighted by Gasteiger charge is -2.35. The molecule has 3 heterocycles. The van der Waals surface area contributed by atoms with Crippen molar-refractivity contribution >= 4 is 11.9 Å². The van der Waals surface area contributed by atoms with Gasteiger partial charge in [-0.2, -0.15) is 0 Å². The summed E-state index contributed by atoms with van der Waals surface area (Å²) >= 11 is 0. The first-order valence-electron chi connectivity index (χ1n) is 12.3. The molecule has 1 aromatic carbocycles. The van der Waals surface area contributed by atoms with E-state index in [1.54, 1.807) is 38.4 Å². The molecule has 1 aliphatic heterocycles. The number of rotatable bonds is 10. The number of anilines is 1. The van der Waals surface area contributed by atoms with Crippen LogP contribution in [0.4, 0.5) is 10.3 Å². The fourth-order valence-corrected chi connectivity index (χ4v) is 3.84. The van der Waals surface area contributed by atoms with Crippen LogP contribution in [0, 0.1) is 11.2 Å². The normalized spacial score (nSPS) is 19.7. The molecule has 0 unspecified atom stereocenters. The highest BCUT2D eigenvalue weighted by atomic mass is 19.1. The van der Waals surface area contributed by atoms with Crippen LogP contribution in [0.2, 0.25) is 0 Å². The number of ether oxygens (including phenoxy) is 3. The van der Waals surface area contributed by atoms with Gasteiger partial charge in [0.1, 0.15) is 5.82 Å². The zero-order chi connectivity index (χ0) is 26.4. The van der Waals surface area contributed by atoms with Gasteiger partial charge in [-0.15, -0.1) is 0 Å². The van der Waals surface area contributed by atoms with Crippen molar-refractivity contribution in [2.75, 3.05) is 38.8 Å². The average molecular weight is 513 g/mol. The van der Waals surface area contributed by atoms with Gasteiger partial charge in [-0.25, -0.2) is 19.3 Å². The van der Waals surface area contributed by atoms with Crippen molar-refractivity contribution in [1.82, 2.24) is 25.3 Å². The summed E-state index contributed by atoms with van der Waals surface area (Å²) in [7, 11) is 1.66. The molecule has 1 amide bonds. The predicted molar refractivity (Wildman–Crippen MR) is 136 cm³/mol. The summed E-state index contributed by atoms with van der Waals surface area (Å²) in [5, 5.41) is 6.10. The lowest BCUT2D eigenvalue weighted by atomic mass is 9.90. The van der Waals surface area contributed by atoms with Crippen LogP contribution in [0.5, 0.6) is 0 Å². The number of benzene rings is 1. The van der Waals surface area contributed by atoms with Gasteiger partial charge in [0.15, 0.2) is 5.82 Å². The van der Waals surface area contributed by atoms with E-state index in [-0.39, 0.29) is 31.0 Å². The molecule has 1 saturated heterocycles. The zero-order valence-corrected chi connectivity index (χ0v) is 21.5. The predicted octanol–water partition coefficient (Wildman–Crippen LogP) is 3.70. The third-order valence-electron chi connectivity index (χ3n) is 5.86. The van der Waals surface area contributed by atoms with Crippen LogP contribution in [0.25, 0.3) is 22.6 Å². The minimum atomic E-state index is -0.813. The maximum absolute atomic E-state index is 13.6. The van der Waals surface area contributed by atoms with E-state index >= 15 is 0 Å². The quantitative estimate of drug-likeness (QED) is 0.352. The number of amides is 1. The van der Waals surface area contributed by atoms with E-state index < -0.39 is 11.7 Å². The van der Waals surface area contributed by atoms with E-state index in [0.29, 0.717) is 47.6 Å². The summed E-state index contributed by atoms with van der Waals surface area (Å²) in [4.78, 5) is 29.6. The van der Waals surface area contributed by atoms with E-state index in [0.717, 1.165) is 6.42 Å². The number of imidazole rings is 1. The van der Waals surface area contributed by atoms with Gasteiger partial charge in [0.2, 0.25) is 18.1 Å². The second-order valence-corrected chi connectivity index (χ2v) is 9.53. The number of aromatic nitrogens is 4. The van der Waals surface area contributed by atoms with E-state index in [1.807, 2.05) is 13.8 Å². The van der Waals surface area contributed by atoms with Gasteiger partial charge in [-0.3, -0.25) is 4.79 Å². The zero-order valence-electron chi connectivity index (χ0n) is 21.5. The number of aromatic amines is 1. The first-order valence-corrected chi connectivity index (χ1v) is 12.3. The third-order valence-corrected chi connectivity index (χ3v) is 5.86. The van der Waals surface area contributed by atoms with Crippen LogP contribution < -0.4 is 10.6 Å². The SMILES string of the molecule is COCCCNc1nccc(-c2[nH]c(C3OCC(C)(C(=O)NC(C)C)CO3)nc2-c2ccc(F)cc2)n1. The minimum absolute atomic E-state index is 0.0140. The minimum Gasteiger partial charge on any atom is -0.385 e. The number of halogens is 1. The summed E-state index contributed by atoms with van der Waals surface area (Å²) < 4.78 is 30.6. The molecule has 0 bridgehead atoms. The monoisotopic (exact) mass is 512 g/mol. The molecule has 37 heavy (non-hydrogen) atoms. The lowest BCUT2D eigenvalue weighted by Crippen LogP contribution is -2.50. The fraction of sp³-hybridized carbons (Fsp3) is 0.462. The standard InChI is InChI=1S/C26H33FN6O4/c1-16(2)30-24(34)26(3)14-36-23(37-15-26)22-32-20(17-6-8-18(27)9-7-17)21(33-22)19-10-12-29-25(31-19)28-11-5-13-35-4/h6-10,12,16,23H,5,11,13-15H2,1-4H3,(H,30,34)(H,32,33)(H,28,29,31). The van der Waals surface area contributed by atoms with Crippen LogP contribution in [0.1, 0.15) is 39.3 Å². The van der Waals surface area contributed by atoms with Gasteiger partial charge in [0, 0.05) is 38.1 Å². The summed E-state index contributed by atoms with van der Waals surface area (Å²) in [6.07, 6.45) is 1.66. The summed E-state index contributed by atoms with van der Waals surface area (Å²) in [5.41, 5.74) is 1.66. The molecule has 0 atom stereocenters. The molecule has 4 rings (SSSR count). The van der Waals surface area contributed by atoms with E-state index in [1.165, 1.54) is 12.1 Å². The number of carbonyl (C=O) groups excluding carboxylic acids is 1. The second kappa shape index (κ2) is 11.8. The van der Waals surface area contributed by atoms with Crippen LogP contribution in [0.15, 0.2) is 36.5 Å². The maximum atomic E-state index is 13.6. The van der Waals surface area contributed by atoms with E-state index in [9.17, 15) is 9.18 Å².